The van der Waals surface area contributed by atoms with Crippen LogP contribution in [0.5, 0.6) is 0 Å². The van der Waals surface area contributed by atoms with Crippen LogP contribution < -0.4 is 5.32 Å². The molecule has 0 aromatic carbocycles. The summed E-state index contributed by atoms with van der Waals surface area (Å²) in [7, 11) is 0. The highest BCUT2D eigenvalue weighted by molar-refractivity contribution is 7.14. The van der Waals surface area contributed by atoms with Gasteiger partial charge in [0, 0.05) is 37.5 Å². The van der Waals surface area contributed by atoms with Crippen LogP contribution in [0.1, 0.15) is 26.5 Å². The highest BCUT2D eigenvalue weighted by Crippen LogP contribution is 2.43. The number of amides is 1. The monoisotopic (exact) mass is 354 g/mol. The summed E-state index contributed by atoms with van der Waals surface area (Å²) in [6.07, 6.45) is -5.23. The van der Waals surface area contributed by atoms with Gasteiger partial charge < -0.3 is 10.2 Å². The van der Waals surface area contributed by atoms with Crippen molar-refractivity contribution in [2.24, 2.45) is 5.92 Å². The molecule has 1 fully saturated rings. The molecule has 3 rings (SSSR count). The quantitative estimate of drug-likeness (QED) is 0.787. The zero-order valence-corrected chi connectivity index (χ0v) is 12.9. The molecule has 1 saturated heterocycles. The van der Waals surface area contributed by atoms with Crippen LogP contribution in [-0.4, -0.2) is 42.5 Å². The Bertz CT molecular complexity index is 589. The van der Waals surface area contributed by atoms with E-state index in [0.29, 0.717) is 11.4 Å². The molecule has 23 heavy (non-hydrogen) atoms. The van der Waals surface area contributed by atoms with Crippen molar-refractivity contribution in [1.29, 1.82) is 0 Å². The van der Waals surface area contributed by atoms with Gasteiger partial charge in [0.25, 0.3) is 11.8 Å². The van der Waals surface area contributed by atoms with Crippen molar-refractivity contribution in [3.8, 4) is 0 Å². The highest BCUT2D eigenvalue weighted by Gasteiger charge is 2.58. The molecule has 0 radical (unpaired) electrons. The Kier molecular flexibility index (Phi) is 4.12. The average Bonchev–Trinajstić information content (AvgIpc) is 2.88. The first kappa shape index (κ1) is 16.6. The summed E-state index contributed by atoms with van der Waals surface area (Å²) in [6.45, 7) is 0.0466. The molecule has 3 nitrogen and oxygen atoms in total. The van der Waals surface area contributed by atoms with Crippen molar-refractivity contribution in [2.75, 3.05) is 19.6 Å². The Morgan fingerprint density at radius 3 is 2.78 bits per heavy atom. The minimum atomic E-state index is -5.03. The lowest BCUT2D eigenvalue weighted by molar-refractivity contribution is -0.254. The first-order valence-electron chi connectivity index (χ1n) is 7.24. The number of piperidine rings is 1. The lowest BCUT2D eigenvalue weighted by Crippen LogP contribution is -2.54. The van der Waals surface area contributed by atoms with Gasteiger partial charge in [-0.2, -0.15) is 13.2 Å². The van der Waals surface area contributed by atoms with Crippen molar-refractivity contribution >= 4 is 17.2 Å². The van der Waals surface area contributed by atoms with Crippen LogP contribution in [0.3, 0.4) is 0 Å². The molecule has 1 N–H and O–H groups in total. The van der Waals surface area contributed by atoms with E-state index < -0.39 is 36.9 Å². The van der Waals surface area contributed by atoms with Crippen LogP contribution in [0.15, 0.2) is 6.07 Å². The Morgan fingerprint density at radius 1 is 1.39 bits per heavy atom. The molecule has 1 atom stereocenters. The molecule has 2 aliphatic rings. The zero-order valence-electron chi connectivity index (χ0n) is 12.1. The standard InChI is InChI=1S/C14H15F5N2OS/c15-13(16)2-4-21(7-11(13)14(17,18)19)12(22)10-5-8-6-20-3-1-9(8)23-10/h5,11,20H,1-4,6-7H2. The van der Waals surface area contributed by atoms with Gasteiger partial charge in [0.1, 0.15) is 5.92 Å². The van der Waals surface area contributed by atoms with Crippen LogP contribution in [0.25, 0.3) is 0 Å². The molecule has 1 amide bonds. The first-order chi connectivity index (χ1) is 10.7. The van der Waals surface area contributed by atoms with Gasteiger partial charge in [-0.15, -0.1) is 11.3 Å². The van der Waals surface area contributed by atoms with E-state index in [2.05, 4.69) is 5.32 Å². The Labute approximate surface area is 133 Å². The smallest absolute Gasteiger partial charge is 0.337 e. The number of nitrogens with one attached hydrogen (secondary N) is 1. The third kappa shape index (κ3) is 3.21. The van der Waals surface area contributed by atoms with Crippen LogP contribution in [0, 0.1) is 5.92 Å². The van der Waals surface area contributed by atoms with Gasteiger partial charge in [0.2, 0.25) is 0 Å². The van der Waals surface area contributed by atoms with Gasteiger partial charge in [-0.1, -0.05) is 0 Å². The second-order valence-corrected chi connectivity index (χ2v) is 6.98. The van der Waals surface area contributed by atoms with Gasteiger partial charge >= 0.3 is 6.18 Å². The van der Waals surface area contributed by atoms with Crippen molar-refractivity contribution in [2.45, 2.75) is 31.5 Å². The number of rotatable bonds is 1. The predicted octanol–water partition coefficient (Wildman–Crippen LogP) is 3.05. The zero-order chi connectivity index (χ0) is 16.8. The number of likely N-dealkylation sites (tertiary alicyclic amines) is 1. The molecular formula is C14H15F5N2OS. The van der Waals surface area contributed by atoms with Gasteiger partial charge in [-0.25, -0.2) is 8.78 Å². The van der Waals surface area contributed by atoms with Crippen LogP contribution >= 0.6 is 11.3 Å². The van der Waals surface area contributed by atoms with E-state index in [0.717, 1.165) is 28.3 Å². The minimum Gasteiger partial charge on any atom is -0.337 e. The SMILES string of the molecule is O=C(c1cc2c(s1)CCNC2)N1CCC(F)(F)C(C(F)(F)F)C1. The van der Waals surface area contributed by atoms with E-state index in [1.54, 1.807) is 6.07 Å². The number of fused-ring (bicyclic) bond motifs is 1. The van der Waals surface area contributed by atoms with E-state index >= 15 is 0 Å². The summed E-state index contributed by atoms with van der Waals surface area (Å²) in [6, 6.07) is 1.66. The molecule has 128 valence electrons. The van der Waals surface area contributed by atoms with E-state index in [1.165, 1.54) is 11.3 Å². The second kappa shape index (κ2) is 5.70. The molecule has 0 aliphatic carbocycles. The highest BCUT2D eigenvalue weighted by atomic mass is 32.1. The van der Waals surface area contributed by atoms with Crippen molar-refractivity contribution in [3.63, 3.8) is 0 Å². The third-order valence-corrected chi connectivity index (χ3v) is 5.49. The maximum atomic E-state index is 13.5. The molecule has 0 spiro atoms. The maximum Gasteiger partial charge on any atom is 0.399 e. The normalized spacial score (nSPS) is 24.4. The lowest BCUT2D eigenvalue weighted by atomic mass is 9.92. The number of halogens is 5. The number of nitrogens with zero attached hydrogens (tertiary/aromatic N) is 1. The van der Waals surface area contributed by atoms with Crippen LogP contribution in [0.2, 0.25) is 0 Å². The summed E-state index contributed by atoms with van der Waals surface area (Å²) in [5.74, 6) is -7.22. The van der Waals surface area contributed by atoms with E-state index in [4.69, 9.17) is 0 Å². The minimum absolute atomic E-state index is 0.324. The largest absolute Gasteiger partial charge is 0.399 e. The number of alkyl halides is 5. The van der Waals surface area contributed by atoms with Gasteiger partial charge in [0.15, 0.2) is 0 Å². The van der Waals surface area contributed by atoms with Crippen molar-refractivity contribution < 1.29 is 26.7 Å². The van der Waals surface area contributed by atoms with E-state index in [-0.39, 0.29) is 6.54 Å². The molecule has 9 heteroatoms. The van der Waals surface area contributed by atoms with Crippen LogP contribution in [-0.2, 0) is 13.0 Å². The maximum absolute atomic E-state index is 13.5. The average molecular weight is 354 g/mol. The van der Waals surface area contributed by atoms with Crippen LogP contribution in [0.4, 0.5) is 22.0 Å². The third-order valence-electron chi connectivity index (χ3n) is 4.26. The number of carbonyl (C=O) groups is 1. The fourth-order valence-electron chi connectivity index (χ4n) is 2.94. The molecular weight excluding hydrogens is 339 g/mol. The molecule has 1 aromatic rings. The molecule has 2 aliphatic heterocycles. The predicted molar refractivity (Wildman–Crippen MR) is 74.7 cm³/mol. The fraction of sp³-hybridized carbons (Fsp3) is 0.643. The summed E-state index contributed by atoms with van der Waals surface area (Å²) in [5.41, 5.74) is 0.958. The second-order valence-electron chi connectivity index (χ2n) is 5.84. The van der Waals surface area contributed by atoms with Crippen molar-refractivity contribution in [3.05, 3.63) is 21.4 Å². The van der Waals surface area contributed by atoms with Gasteiger partial charge in [0.05, 0.1) is 4.88 Å². The number of thiophene rings is 1. The number of hydrogen-bond donors (Lipinski definition) is 1. The summed E-state index contributed by atoms with van der Waals surface area (Å²) in [5, 5.41) is 3.14. The number of hydrogen-bond acceptors (Lipinski definition) is 3. The number of carbonyl (C=O) groups excluding carboxylic acids is 1. The first-order valence-corrected chi connectivity index (χ1v) is 8.06. The van der Waals surface area contributed by atoms with E-state index in [1.807, 2.05) is 0 Å². The molecule has 0 saturated carbocycles. The Hall–Kier alpha value is -1.22. The fourth-order valence-corrected chi connectivity index (χ4v) is 4.09. The van der Waals surface area contributed by atoms with Gasteiger partial charge in [-0.3, -0.25) is 4.79 Å². The molecule has 1 aromatic heterocycles. The molecule has 0 bridgehead atoms. The van der Waals surface area contributed by atoms with Gasteiger partial charge in [-0.05, 0) is 18.1 Å². The summed E-state index contributed by atoms with van der Waals surface area (Å²) < 4.78 is 65.6. The molecule has 1 unspecified atom stereocenters. The van der Waals surface area contributed by atoms with E-state index in [9.17, 15) is 26.7 Å². The Morgan fingerprint density at radius 2 is 2.13 bits per heavy atom. The lowest BCUT2D eigenvalue weighted by Gasteiger charge is -2.38. The summed E-state index contributed by atoms with van der Waals surface area (Å²) in [4.78, 5) is 14.7. The Balaban J connectivity index is 1.79. The topological polar surface area (TPSA) is 32.3 Å². The summed E-state index contributed by atoms with van der Waals surface area (Å²) >= 11 is 1.25. The molecule has 3 heterocycles. The van der Waals surface area contributed by atoms with Crippen molar-refractivity contribution in [1.82, 2.24) is 10.2 Å².